The first-order valence-corrected chi connectivity index (χ1v) is 11.2. The summed E-state index contributed by atoms with van der Waals surface area (Å²) in [5.41, 5.74) is 4.52. The van der Waals surface area contributed by atoms with Gasteiger partial charge in [0, 0.05) is 28.1 Å². The lowest BCUT2D eigenvalue weighted by Crippen LogP contribution is -2.23. The average Bonchev–Trinajstić information content (AvgIpc) is 3.13. The summed E-state index contributed by atoms with van der Waals surface area (Å²) in [4.78, 5) is 24.6. The van der Waals surface area contributed by atoms with Crippen LogP contribution in [-0.4, -0.2) is 18.5 Å². The van der Waals surface area contributed by atoms with Crippen molar-refractivity contribution in [1.82, 2.24) is 5.32 Å². The third-order valence-electron chi connectivity index (χ3n) is 5.29. The summed E-state index contributed by atoms with van der Waals surface area (Å²) < 4.78 is 10.9. The number of hydrogen-bond donors (Lipinski definition) is 1. The number of carbonyl (C=O) groups excluding carboxylic acids is 2. The van der Waals surface area contributed by atoms with Gasteiger partial charge in [0.15, 0.2) is 5.76 Å². The van der Waals surface area contributed by atoms with Crippen LogP contribution in [0.3, 0.4) is 0 Å². The highest BCUT2D eigenvalue weighted by Crippen LogP contribution is 2.33. The van der Waals surface area contributed by atoms with Crippen LogP contribution in [-0.2, 0) is 11.3 Å². The number of fused-ring (bicyclic) bond motifs is 1. The zero-order valence-corrected chi connectivity index (χ0v) is 19.6. The number of furan rings is 1. The number of ether oxygens (including phenoxy) is 1. The summed E-state index contributed by atoms with van der Waals surface area (Å²) in [6, 6.07) is 18.4. The zero-order chi connectivity index (χ0) is 23.5. The second-order valence-electron chi connectivity index (χ2n) is 7.49. The van der Waals surface area contributed by atoms with Gasteiger partial charge in [-0.25, -0.2) is 4.79 Å². The lowest BCUT2D eigenvalue weighted by atomic mass is 10.0. The van der Waals surface area contributed by atoms with E-state index in [4.69, 9.17) is 32.4 Å². The van der Waals surface area contributed by atoms with Crippen molar-refractivity contribution >= 4 is 46.0 Å². The number of rotatable bonds is 6. The van der Waals surface area contributed by atoms with Crippen molar-refractivity contribution in [3.63, 3.8) is 0 Å². The Balaban J connectivity index is 1.64. The van der Waals surface area contributed by atoms with Crippen LogP contribution in [0.25, 0.3) is 22.1 Å². The van der Waals surface area contributed by atoms with Crippen LogP contribution in [0.15, 0.2) is 65.1 Å². The van der Waals surface area contributed by atoms with E-state index in [0.29, 0.717) is 29.3 Å². The summed E-state index contributed by atoms with van der Waals surface area (Å²) in [5, 5.41) is 4.31. The highest BCUT2D eigenvalue weighted by atomic mass is 35.5. The van der Waals surface area contributed by atoms with Crippen LogP contribution in [0.4, 0.5) is 4.79 Å². The molecule has 7 heteroatoms. The highest BCUT2D eigenvalue weighted by molar-refractivity contribution is 6.37. The summed E-state index contributed by atoms with van der Waals surface area (Å²) >= 11 is 12.2. The molecule has 0 aliphatic carbocycles. The number of benzene rings is 3. The maximum absolute atomic E-state index is 13.1. The molecular weight excluding hydrogens is 461 g/mol. The summed E-state index contributed by atoms with van der Waals surface area (Å²) in [6.45, 7) is 4.29. The van der Waals surface area contributed by atoms with Gasteiger partial charge in [0.1, 0.15) is 5.58 Å². The van der Waals surface area contributed by atoms with Crippen LogP contribution >= 0.6 is 23.2 Å². The van der Waals surface area contributed by atoms with E-state index in [2.05, 4.69) is 5.32 Å². The van der Waals surface area contributed by atoms with Crippen LogP contribution in [0, 0.1) is 6.92 Å². The van der Waals surface area contributed by atoms with E-state index in [1.165, 1.54) is 6.07 Å². The molecule has 4 aromatic rings. The van der Waals surface area contributed by atoms with Crippen molar-refractivity contribution in [3.05, 3.63) is 93.2 Å². The number of aryl methyl sites for hydroxylation is 1. The van der Waals surface area contributed by atoms with Gasteiger partial charge in [-0.2, -0.15) is 0 Å². The Hall–Kier alpha value is -3.28. The summed E-state index contributed by atoms with van der Waals surface area (Å²) in [7, 11) is 0. The number of halogens is 2. The van der Waals surface area contributed by atoms with Gasteiger partial charge in [-0.1, -0.05) is 53.5 Å². The molecule has 4 rings (SSSR count). The molecule has 5 nitrogen and oxygen atoms in total. The van der Waals surface area contributed by atoms with Crippen LogP contribution in [0.2, 0.25) is 10.0 Å². The van der Waals surface area contributed by atoms with Gasteiger partial charge in [-0.3, -0.25) is 4.79 Å². The number of nitrogens with one attached hydrogen (secondary N) is 1. The van der Waals surface area contributed by atoms with Crippen molar-refractivity contribution in [1.29, 1.82) is 0 Å². The molecular formula is C26H21Cl2NO4. The molecule has 1 aromatic heterocycles. The van der Waals surface area contributed by atoms with Gasteiger partial charge >= 0.3 is 6.09 Å². The molecule has 0 atom stereocenters. The van der Waals surface area contributed by atoms with E-state index < -0.39 is 6.09 Å². The fourth-order valence-corrected chi connectivity index (χ4v) is 4.13. The van der Waals surface area contributed by atoms with Gasteiger partial charge in [0.05, 0.1) is 11.6 Å². The Bertz CT molecular complexity index is 1360. The standard InChI is InChI=1S/C26H21Cl2NO4/c1-3-32-26(31)29-14-16-5-4-6-17(11-16)18-7-9-20-15(2)25(33-23(20)12-18)24(30)21-10-8-19(27)13-22(21)28/h4-13H,3,14H2,1-2H3,(H,29,31). The predicted molar refractivity (Wildman–Crippen MR) is 130 cm³/mol. The van der Waals surface area contributed by atoms with Crippen LogP contribution < -0.4 is 5.32 Å². The van der Waals surface area contributed by atoms with E-state index in [-0.39, 0.29) is 16.6 Å². The Morgan fingerprint density at radius 2 is 1.79 bits per heavy atom. The molecule has 0 bridgehead atoms. The first-order chi connectivity index (χ1) is 15.9. The third-order valence-corrected chi connectivity index (χ3v) is 5.84. The molecule has 33 heavy (non-hydrogen) atoms. The van der Waals surface area contributed by atoms with Gasteiger partial charge in [-0.05, 0) is 60.9 Å². The number of carbonyl (C=O) groups is 2. The molecule has 1 N–H and O–H groups in total. The van der Waals surface area contributed by atoms with E-state index >= 15 is 0 Å². The minimum atomic E-state index is -0.451. The molecule has 0 aliphatic heterocycles. The van der Waals surface area contributed by atoms with E-state index in [1.54, 1.807) is 19.1 Å². The molecule has 0 radical (unpaired) electrons. The quantitative estimate of drug-likeness (QED) is 0.295. The van der Waals surface area contributed by atoms with E-state index in [1.807, 2.05) is 49.4 Å². The lowest BCUT2D eigenvalue weighted by molar-refractivity contribution is 0.101. The smallest absolute Gasteiger partial charge is 0.407 e. The Labute approximate surface area is 201 Å². The topological polar surface area (TPSA) is 68.5 Å². The Morgan fingerprint density at radius 3 is 2.55 bits per heavy atom. The number of ketones is 1. The molecule has 0 saturated carbocycles. The van der Waals surface area contributed by atoms with E-state index in [9.17, 15) is 9.59 Å². The molecule has 1 amide bonds. The SMILES string of the molecule is CCOC(=O)NCc1cccc(-c2ccc3c(C)c(C(=O)c4ccc(Cl)cc4Cl)oc3c2)c1. The Morgan fingerprint density at radius 1 is 1.00 bits per heavy atom. The van der Waals surface area contributed by atoms with Crippen molar-refractivity contribution < 1.29 is 18.7 Å². The average molecular weight is 482 g/mol. The number of hydrogen-bond acceptors (Lipinski definition) is 4. The first kappa shape index (κ1) is 22.9. The lowest BCUT2D eigenvalue weighted by Gasteiger charge is -2.08. The van der Waals surface area contributed by atoms with Crippen LogP contribution in [0.1, 0.15) is 34.2 Å². The molecule has 0 spiro atoms. The summed E-state index contributed by atoms with van der Waals surface area (Å²) in [6.07, 6.45) is -0.451. The molecule has 3 aromatic carbocycles. The van der Waals surface area contributed by atoms with Gasteiger partial charge in [0.2, 0.25) is 5.78 Å². The zero-order valence-electron chi connectivity index (χ0n) is 18.1. The number of amides is 1. The van der Waals surface area contributed by atoms with Gasteiger partial charge in [-0.15, -0.1) is 0 Å². The van der Waals surface area contributed by atoms with Crippen molar-refractivity contribution in [2.24, 2.45) is 0 Å². The van der Waals surface area contributed by atoms with Crippen molar-refractivity contribution in [2.45, 2.75) is 20.4 Å². The maximum Gasteiger partial charge on any atom is 0.407 e. The fourth-order valence-electron chi connectivity index (χ4n) is 3.63. The van der Waals surface area contributed by atoms with Crippen molar-refractivity contribution in [3.8, 4) is 11.1 Å². The van der Waals surface area contributed by atoms with Crippen LogP contribution in [0.5, 0.6) is 0 Å². The second kappa shape index (κ2) is 9.69. The molecule has 0 unspecified atom stereocenters. The first-order valence-electron chi connectivity index (χ1n) is 10.4. The van der Waals surface area contributed by atoms with Crippen molar-refractivity contribution in [2.75, 3.05) is 6.61 Å². The fraction of sp³-hybridized carbons (Fsp3) is 0.154. The summed E-state index contributed by atoms with van der Waals surface area (Å²) in [5.74, 6) is -0.0438. The number of alkyl carbamates (subject to hydrolysis) is 1. The predicted octanol–water partition coefficient (Wildman–Crippen LogP) is 7.19. The minimum Gasteiger partial charge on any atom is -0.452 e. The Kier molecular flexibility index (Phi) is 6.72. The second-order valence-corrected chi connectivity index (χ2v) is 8.34. The molecule has 0 saturated heterocycles. The van der Waals surface area contributed by atoms with E-state index in [0.717, 1.165) is 27.6 Å². The molecule has 168 valence electrons. The normalized spacial score (nSPS) is 10.9. The van der Waals surface area contributed by atoms with Gasteiger partial charge < -0.3 is 14.5 Å². The monoisotopic (exact) mass is 481 g/mol. The minimum absolute atomic E-state index is 0.249. The molecule has 0 fully saturated rings. The third kappa shape index (κ3) is 4.90. The maximum atomic E-state index is 13.1. The molecule has 1 heterocycles. The highest BCUT2D eigenvalue weighted by Gasteiger charge is 2.21. The molecule has 0 aliphatic rings. The largest absolute Gasteiger partial charge is 0.452 e. The van der Waals surface area contributed by atoms with Gasteiger partial charge in [0.25, 0.3) is 0 Å².